The van der Waals surface area contributed by atoms with Crippen molar-refractivity contribution in [3.63, 3.8) is 0 Å². The predicted octanol–water partition coefficient (Wildman–Crippen LogP) is 5.03. The van der Waals surface area contributed by atoms with Crippen LogP contribution in [0.2, 0.25) is 0 Å². The molecular weight excluding hydrogens is 464 g/mol. The SMILES string of the molecule is COc1cc2nc(N(C)CCCCCN3CCCC3)nc(NCCCCCN3CCCC3)c2cc1OC. The van der Waals surface area contributed by atoms with E-state index in [1.54, 1.807) is 14.2 Å². The van der Waals surface area contributed by atoms with E-state index in [2.05, 4.69) is 27.1 Å². The Balaban J connectivity index is 1.35. The van der Waals surface area contributed by atoms with Gasteiger partial charge in [0.1, 0.15) is 5.82 Å². The fourth-order valence-corrected chi connectivity index (χ4v) is 5.57. The molecule has 2 aliphatic rings. The molecule has 0 amide bonds. The van der Waals surface area contributed by atoms with Crippen molar-refractivity contribution in [3.8, 4) is 11.5 Å². The van der Waals surface area contributed by atoms with Crippen molar-refractivity contribution in [2.24, 2.45) is 0 Å². The van der Waals surface area contributed by atoms with Gasteiger partial charge in [-0.15, -0.1) is 0 Å². The number of unbranched alkanes of at least 4 members (excludes halogenated alkanes) is 4. The molecule has 2 aromatic rings. The molecule has 8 nitrogen and oxygen atoms in total. The molecule has 0 unspecified atom stereocenters. The maximum atomic E-state index is 5.57. The minimum Gasteiger partial charge on any atom is -0.493 e. The van der Waals surface area contributed by atoms with Gasteiger partial charge >= 0.3 is 0 Å². The second-order valence-electron chi connectivity index (χ2n) is 10.7. The van der Waals surface area contributed by atoms with E-state index in [9.17, 15) is 0 Å². The highest BCUT2D eigenvalue weighted by Gasteiger charge is 2.16. The van der Waals surface area contributed by atoms with Crippen LogP contribution >= 0.6 is 0 Å². The summed E-state index contributed by atoms with van der Waals surface area (Å²) in [6.45, 7) is 9.47. The zero-order valence-corrected chi connectivity index (χ0v) is 23.4. The zero-order chi connectivity index (χ0) is 25.9. The molecule has 206 valence electrons. The van der Waals surface area contributed by atoms with Crippen LogP contribution in [0.1, 0.15) is 64.2 Å². The first kappa shape index (κ1) is 27.7. The normalized spacial score (nSPS) is 16.5. The average Bonchev–Trinajstić information content (AvgIpc) is 3.64. The highest BCUT2D eigenvalue weighted by atomic mass is 16.5. The van der Waals surface area contributed by atoms with Crippen LogP contribution in [0.5, 0.6) is 11.5 Å². The molecule has 0 bridgehead atoms. The molecule has 2 fully saturated rings. The Morgan fingerprint density at radius 2 is 1.38 bits per heavy atom. The van der Waals surface area contributed by atoms with E-state index >= 15 is 0 Å². The van der Waals surface area contributed by atoms with Crippen LogP contribution in [0.25, 0.3) is 10.9 Å². The van der Waals surface area contributed by atoms with Gasteiger partial charge in [-0.1, -0.05) is 12.8 Å². The van der Waals surface area contributed by atoms with Gasteiger partial charge in [0.25, 0.3) is 0 Å². The Morgan fingerprint density at radius 3 is 2.00 bits per heavy atom. The van der Waals surface area contributed by atoms with E-state index in [1.165, 1.54) is 90.6 Å². The molecule has 3 heterocycles. The summed E-state index contributed by atoms with van der Waals surface area (Å²) in [6, 6.07) is 3.95. The smallest absolute Gasteiger partial charge is 0.227 e. The van der Waals surface area contributed by atoms with Crippen LogP contribution in [0.15, 0.2) is 12.1 Å². The number of fused-ring (bicyclic) bond motifs is 1. The van der Waals surface area contributed by atoms with Gasteiger partial charge in [0.05, 0.1) is 19.7 Å². The van der Waals surface area contributed by atoms with Gasteiger partial charge in [-0.05, 0) is 96.7 Å². The summed E-state index contributed by atoms with van der Waals surface area (Å²) in [5.41, 5.74) is 0.875. The summed E-state index contributed by atoms with van der Waals surface area (Å²) in [5.74, 6) is 3.03. The molecule has 0 spiro atoms. The first-order valence-electron chi connectivity index (χ1n) is 14.5. The van der Waals surface area contributed by atoms with Crippen molar-refractivity contribution in [3.05, 3.63) is 12.1 Å². The lowest BCUT2D eigenvalue weighted by molar-refractivity contribution is 0.329. The number of likely N-dealkylation sites (tertiary alicyclic amines) is 2. The zero-order valence-electron chi connectivity index (χ0n) is 23.4. The number of aromatic nitrogens is 2. The van der Waals surface area contributed by atoms with Crippen molar-refractivity contribution in [2.75, 3.05) is 83.8 Å². The minimum atomic E-state index is 0.692. The molecule has 8 heteroatoms. The summed E-state index contributed by atoms with van der Waals surface area (Å²) in [4.78, 5) is 17.3. The van der Waals surface area contributed by atoms with Gasteiger partial charge in [0.15, 0.2) is 11.5 Å². The molecule has 37 heavy (non-hydrogen) atoms. The van der Waals surface area contributed by atoms with Crippen LogP contribution < -0.4 is 19.7 Å². The number of methoxy groups -OCH3 is 2. The second kappa shape index (κ2) is 14.6. The van der Waals surface area contributed by atoms with Crippen LogP contribution in [0.4, 0.5) is 11.8 Å². The van der Waals surface area contributed by atoms with E-state index in [4.69, 9.17) is 19.4 Å². The van der Waals surface area contributed by atoms with Gasteiger partial charge in [-0.3, -0.25) is 0 Å². The third kappa shape index (κ3) is 8.08. The number of rotatable bonds is 16. The van der Waals surface area contributed by atoms with Crippen molar-refractivity contribution in [2.45, 2.75) is 64.2 Å². The highest BCUT2D eigenvalue weighted by Crippen LogP contribution is 2.35. The number of hydrogen-bond acceptors (Lipinski definition) is 8. The lowest BCUT2D eigenvalue weighted by Gasteiger charge is -2.20. The molecule has 0 atom stereocenters. The maximum absolute atomic E-state index is 5.57. The predicted molar refractivity (Wildman–Crippen MR) is 153 cm³/mol. The molecule has 2 saturated heterocycles. The maximum Gasteiger partial charge on any atom is 0.227 e. The van der Waals surface area contributed by atoms with E-state index in [-0.39, 0.29) is 0 Å². The monoisotopic (exact) mass is 512 g/mol. The van der Waals surface area contributed by atoms with Gasteiger partial charge < -0.3 is 29.5 Å². The average molecular weight is 513 g/mol. The quantitative estimate of drug-likeness (QED) is 0.314. The third-order valence-electron chi connectivity index (χ3n) is 7.84. The summed E-state index contributed by atoms with van der Waals surface area (Å²) < 4.78 is 11.1. The molecule has 1 aromatic carbocycles. The van der Waals surface area contributed by atoms with Gasteiger partial charge in [0.2, 0.25) is 5.95 Å². The summed E-state index contributed by atoms with van der Waals surface area (Å²) in [5, 5.41) is 4.58. The Labute approximate surface area is 223 Å². The first-order chi connectivity index (χ1) is 18.2. The lowest BCUT2D eigenvalue weighted by atomic mass is 10.2. The standard InChI is InChI=1S/C29H48N6O2/c1-33(15-7-5-9-17-35-20-12-13-21-35)29-31-25-23-27(37-3)26(36-2)22-24(25)28(32-29)30-14-6-4-8-16-34-18-10-11-19-34/h22-23H,4-21H2,1-3H3,(H,30,31,32). The number of hydrogen-bond donors (Lipinski definition) is 1. The van der Waals surface area contributed by atoms with E-state index in [1.807, 2.05) is 12.1 Å². The fraction of sp³-hybridized carbons (Fsp3) is 0.724. The van der Waals surface area contributed by atoms with Crippen molar-refractivity contribution < 1.29 is 9.47 Å². The Hall–Kier alpha value is -2.32. The largest absolute Gasteiger partial charge is 0.493 e. The molecule has 2 aliphatic heterocycles. The third-order valence-corrected chi connectivity index (χ3v) is 7.84. The van der Waals surface area contributed by atoms with E-state index < -0.39 is 0 Å². The van der Waals surface area contributed by atoms with Crippen molar-refractivity contribution >= 4 is 22.7 Å². The molecule has 0 saturated carbocycles. The summed E-state index contributed by atoms with van der Waals surface area (Å²) in [6.07, 6.45) is 12.8. The molecule has 0 radical (unpaired) electrons. The number of anilines is 2. The van der Waals surface area contributed by atoms with Gasteiger partial charge in [-0.25, -0.2) is 4.98 Å². The Morgan fingerprint density at radius 1 is 0.784 bits per heavy atom. The van der Waals surface area contributed by atoms with Crippen LogP contribution in [0, 0.1) is 0 Å². The fourth-order valence-electron chi connectivity index (χ4n) is 5.57. The van der Waals surface area contributed by atoms with Crippen molar-refractivity contribution in [1.82, 2.24) is 19.8 Å². The molecule has 0 aliphatic carbocycles. The van der Waals surface area contributed by atoms with E-state index in [0.717, 1.165) is 48.6 Å². The van der Waals surface area contributed by atoms with Crippen LogP contribution in [-0.4, -0.2) is 93.4 Å². The number of benzene rings is 1. The first-order valence-corrected chi connectivity index (χ1v) is 14.5. The highest BCUT2D eigenvalue weighted by molar-refractivity contribution is 5.92. The number of ether oxygens (including phenoxy) is 2. The number of nitrogens with zero attached hydrogens (tertiary/aromatic N) is 5. The lowest BCUT2D eigenvalue weighted by Crippen LogP contribution is -2.23. The second-order valence-corrected chi connectivity index (χ2v) is 10.7. The molecule has 1 aromatic heterocycles. The molecular formula is C29H48N6O2. The Kier molecular flexibility index (Phi) is 10.9. The van der Waals surface area contributed by atoms with E-state index in [0.29, 0.717) is 11.5 Å². The minimum absolute atomic E-state index is 0.692. The van der Waals surface area contributed by atoms with Crippen molar-refractivity contribution in [1.29, 1.82) is 0 Å². The van der Waals surface area contributed by atoms with Gasteiger partial charge in [0, 0.05) is 31.6 Å². The summed E-state index contributed by atoms with van der Waals surface area (Å²) >= 11 is 0. The summed E-state index contributed by atoms with van der Waals surface area (Å²) in [7, 11) is 5.44. The molecule has 1 N–H and O–H groups in total. The molecule has 4 rings (SSSR count). The van der Waals surface area contributed by atoms with Crippen LogP contribution in [-0.2, 0) is 0 Å². The van der Waals surface area contributed by atoms with Crippen LogP contribution in [0.3, 0.4) is 0 Å². The van der Waals surface area contributed by atoms with Gasteiger partial charge in [-0.2, -0.15) is 4.98 Å². The number of nitrogens with one attached hydrogen (secondary N) is 1. The topological polar surface area (TPSA) is 66.0 Å². The Bertz CT molecular complexity index is 959.